The number of halogens is 2. The van der Waals surface area contributed by atoms with E-state index in [1.54, 1.807) is 0 Å². The van der Waals surface area contributed by atoms with Gasteiger partial charge in [-0.25, -0.2) is 4.39 Å². The fourth-order valence-corrected chi connectivity index (χ4v) is 2.38. The normalized spacial score (nSPS) is 18.3. The van der Waals surface area contributed by atoms with Crippen molar-refractivity contribution in [3.8, 4) is 0 Å². The van der Waals surface area contributed by atoms with Gasteiger partial charge in [0.15, 0.2) is 0 Å². The Balaban J connectivity index is 2.32. The quantitative estimate of drug-likeness (QED) is 0.681. The molecule has 8 heteroatoms. The average molecular weight is 299 g/mol. The highest BCUT2D eigenvalue weighted by atomic mass is 19.1. The summed E-state index contributed by atoms with van der Waals surface area (Å²) in [6.45, 7) is 1.40. The number of piperidine rings is 1. The van der Waals surface area contributed by atoms with Gasteiger partial charge in [-0.1, -0.05) is 0 Å². The first-order chi connectivity index (χ1) is 9.91. The standard InChI is InChI=1S/C13H15F2N3O3/c1-17(9-3-2-4-16-7-9)13(19)10-5-8(14)6-11(12(10)15)18(20)21/h5-6,9,16H,2-4,7H2,1H3. The van der Waals surface area contributed by atoms with Crippen LogP contribution in [0.2, 0.25) is 0 Å². The van der Waals surface area contributed by atoms with E-state index < -0.39 is 33.7 Å². The van der Waals surface area contributed by atoms with Crippen molar-refractivity contribution in [3.63, 3.8) is 0 Å². The van der Waals surface area contributed by atoms with Crippen LogP contribution in [-0.2, 0) is 0 Å². The molecule has 1 amide bonds. The molecule has 6 nitrogen and oxygen atoms in total. The fraction of sp³-hybridized carbons (Fsp3) is 0.462. The van der Waals surface area contributed by atoms with E-state index in [1.165, 1.54) is 11.9 Å². The van der Waals surface area contributed by atoms with E-state index in [0.717, 1.165) is 19.4 Å². The Morgan fingerprint density at radius 2 is 2.19 bits per heavy atom. The zero-order valence-electron chi connectivity index (χ0n) is 11.4. The van der Waals surface area contributed by atoms with Gasteiger partial charge in [-0.2, -0.15) is 4.39 Å². The fourth-order valence-electron chi connectivity index (χ4n) is 2.38. The van der Waals surface area contributed by atoms with E-state index in [4.69, 9.17) is 0 Å². The van der Waals surface area contributed by atoms with Gasteiger partial charge in [0.25, 0.3) is 5.91 Å². The Morgan fingerprint density at radius 1 is 1.48 bits per heavy atom. The molecule has 1 unspecified atom stereocenters. The lowest BCUT2D eigenvalue weighted by Crippen LogP contribution is -2.46. The van der Waals surface area contributed by atoms with Crippen LogP contribution >= 0.6 is 0 Å². The van der Waals surface area contributed by atoms with E-state index in [0.29, 0.717) is 18.7 Å². The number of rotatable bonds is 3. The van der Waals surface area contributed by atoms with E-state index in [-0.39, 0.29) is 6.04 Å². The van der Waals surface area contributed by atoms with Crippen molar-refractivity contribution < 1.29 is 18.5 Å². The van der Waals surface area contributed by atoms with Crippen molar-refractivity contribution in [3.05, 3.63) is 39.4 Å². The van der Waals surface area contributed by atoms with Crippen LogP contribution in [0.1, 0.15) is 23.2 Å². The molecule has 0 bridgehead atoms. The number of nitro groups is 1. The number of carbonyl (C=O) groups is 1. The number of hydrogen-bond acceptors (Lipinski definition) is 4. The van der Waals surface area contributed by atoms with Gasteiger partial charge in [0, 0.05) is 19.6 Å². The molecule has 0 aromatic heterocycles. The molecule has 114 valence electrons. The van der Waals surface area contributed by atoms with Crippen molar-refractivity contribution in [2.24, 2.45) is 0 Å². The van der Waals surface area contributed by atoms with Gasteiger partial charge in [-0.3, -0.25) is 14.9 Å². The maximum Gasteiger partial charge on any atom is 0.308 e. The van der Waals surface area contributed by atoms with E-state index in [1.807, 2.05) is 0 Å². The highest BCUT2D eigenvalue weighted by Crippen LogP contribution is 2.24. The van der Waals surface area contributed by atoms with Crippen molar-refractivity contribution in [2.45, 2.75) is 18.9 Å². The molecule has 0 saturated carbocycles. The molecule has 2 rings (SSSR count). The molecule has 21 heavy (non-hydrogen) atoms. The summed E-state index contributed by atoms with van der Waals surface area (Å²) in [6, 6.07) is 1.01. The monoisotopic (exact) mass is 299 g/mol. The summed E-state index contributed by atoms with van der Waals surface area (Å²) in [7, 11) is 1.48. The van der Waals surface area contributed by atoms with Crippen molar-refractivity contribution in [1.82, 2.24) is 10.2 Å². The number of nitro benzene ring substituents is 1. The second kappa shape index (κ2) is 6.13. The molecule has 1 aliphatic heterocycles. The first-order valence-corrected chi connectivity index (χ1v) is 6.53. The Hall–Kier alpha value is -2.09. The van der Waals surface area contributed by atoms with Gasteiger partial charge in [0.05, 0.1) is 16.6 Å². The summed E-state index contributed by atoms with van der Waals surface area (Å²) in [6.07, 6.45) is 1.61. The summed E-state index contributed by atoms with van der Waals surface area (Å²) < 4.78 is 27.4. The first-order valence-electron chi connectivity index (χ1n) is 6.53. The van der Waals surface area contributed by atoms with Crippen LogP contribution in [-0.4, -0.2) is 41.9 Å². The minimum atomic E-state index is -1.30. The van der Waals surface area contributed by atoms with E-state index in [2.05, 4.69) is 5.32 Å². The lowest BCUT2D eigenvalue weighted by Gasteiger charge is -2.31. The number of carbonyl (C=O) groups excluding carboxylic acids is 1. The summed E-state index contributed by atoms with van der Waals surface area (Å²) >= 11 is 0. The Kier molecular flexibility index (Phi) is 4.46. The summed E-state index contributed by atoms with van der Waals surface area (Å²) in [5, 5.41) is 13.8. The third-order valence-corrected chi connectivity index (χ3v) is 3.58. The average Bonchev–Trinajstić information content (AvgIpc) is 2.48. The SMILES string of the molecule is CN(C(=O)c1cc(F)cc([N+](=O)[O-])c1F)C1CCCNC1. The maximum atomic E-state index is 14.0. The van der Waals surface area contributed by atoms with Crippen molar-refractivity contribution in [1.29, 1.82) is 0 Å². The highest BCUT2D eigenvalue weighted by molar-refractivity contribution is 5.95. The van der Waals surface area contributed by atoms with Gasteiger partial charge >= 0.3 is 5.69 Å². The van der Waals surface area contributed by atoms with Gasteiger partial charge in [-0.05, 0) is 25.5 Å². The zero-order chi connectivity index (χ0) is 15.6. The lowest BCUT2D eigenvalue weighted by molar-refractivity contribution is -0.387. The van der Waals surface area contributed by atoms with Crippen LogP contribution in [0.25, 0.3) is 0 Å². The topological polar surface area (TPSA) is 75.5 Å². The molecule has 0 radical (unpaired) electrons. The van der Waals surface area contributed by atoms with Crippen LogP contribution in [0, 0.1) is 21.7 Å². The van der Waals surface area contributed by atoms with Crippen LogP contribution < -0.4 is 5.32 Å². The Labute approximate surface area is 119 Å². The largest absolute Gasteiger partial charge is 0.337 e. The molecule has 0 spiro atoms. The van der Waals surface area contributed by atoms with Crippen molar-refractivity contribution >= 4 is 11.6 Å². The third-order valence-electron chi connectivity index (χ3n) is 3.58. The minimum absolute atomic E-state index is 0.145. The van der Waals surface area contributed by atoms with E-state index in [9.17, 15) is 23.7 Å². The highest BCUT2D eigenvalue weighted by Gasteiger charge is 2.29. The molecular formula is C13H15F2N3O3. The molecule has 1 fully saturated rings. The lowest BCUT2D eigenvalue weighted by atomic mass is 10.0. The molecule has 0 aliphatic carbocycles. The summed E-state index contributed by atoms with van der Waals surface area (Å²) in [5.41, 5.74) is -1.65. The molecule has 1 aromatic rings. The van der Waals surface area contributed by atoms with Gasteiger partial charge < -0.3 is 10.2 Å². The van der Waals surface area contributed by atoms with Crippen LogP contribution in [0.15, 0.2) is 12.1 Å². The summed E-state index contributed by atoms with van der Waals surface area (Å²) in [5.74, 6) is -3.08. The third kappa shape index (κ3) is 3.15. The molecule has 1 N–H and O–H groups in total. The predicted molar refractivity (Wildman–Crippen MR) is 71.0 cm³/mol. The molecule has 1 saturated heterocycles. The van der Waals surface area contributed by atoms with Gasteiger partial charge in [0.1, 0.15) is 5.82 Å². The Bertz CT molecular complexity index is 574. The van der Waals surface area contributed by atoms with Crippen LogP contribution in [0.4, 0.5) is 14.5 Å². The molecule has 1 heterocycles. The van der Waals surface area contributed by atoms with Crippen molar-refractivity contribution in [2.75, 3.05) is 20.1 Å². The number of nitrogens with one attached hydrogen (secondary N) is 1. The summed E-state index contributed by atoms with van der Waals surface area (Å²) in [4.78, 5) is 23.2. The molecule has 1 aromatic carbocycles. The smallest absolute Gasteiger partial charge is 0.308 e. The second-order valence-electron chi connectivity index (χ2n) is 4.96. The maximum absolute atomic E-state index is 14.0. The van der Waals surface area contributed by atoms with E-state index >= 15 is 0 Å². The number of likely N-dealkylation sites (N-methyl/N-ethyl adjacent to an activating group) is 1. The first kappa shape index (κ1) is 15.3. The zero-order valence-corrected chi connectivity index (χ0v) is 11.4. The minimum Gasteiger partial charge on any atom is -0.337 e. The second-order valence-corrected chi connectivity index (χ2v) is 4.96. The van der Waals surface area contributed by atoms with Crippen LogP contribution in [0.3, 0.4) is 0 Å². The van der Waals surface area contributed by atoms with Gasteiger partial charge in [0.2, 0.25) is 5.82 Å². The van der Waals surface area contributed by atoms with Crippen LogP contribution in [0.5, 0.6) is 0 Å². The Morgan fingerprint density at radius 3 is 2.76 bits per heavy atom. The van der Waals surface area contributed by atoms with Gasteiger partial charge in [-0.15, -0.1) is 0 Å². The predicted octanol–water partition coefficient (Wildman–Crippen LogP) is 1.70. The number of hydrogen-bond donors (Lipinski definition) is 1. The molecule has 1 aliphatic rings. The molecular weight excluding hydrogens is 284 g/mol. The number of benzene rings is 1. The number of nitrogens with zero attached hydrogens (tertiary/aromatic N) is 2. The molecule has 1 atom stereocenters. The number of amides is 1.